The molecule has 0 heterocycles. The first-order valence-corrected chi connectivity index (χ1v) is 4.94. The molecule has 0 atom stereocenters. The maximum absolute atomic E-state index is 2.27. The molecule has 0 aliphatic rings. The Kier molecular flexibility index (Phi) is 6.84. The van der Waals surface area contributed by atoms with Gasteiger partial charge in [0.1, 0.15) is 0 Å². The number of allylic oxidation sites excluding steroid dienone is 4. The molecule has 12 heavy (non-hydrogen) atoms. The fourth-order valence-corrected chi connectivity index (χ4v) is 0.894. The smallest absolute Gasteiger partial charge is 0.0169 e. The lowest BCUT2D eigenvalue weighted by Gasteiger charge is -1.95. The first kappa shape index (κ1) is 11.5. The van der Waals surface area contributed by atoms with Gasteiger partial charge in [-0.1, -0.05) is 52.0 Å². The minimum Gasteiger partial charge on any atom is -0.0880 e. The van der Waals surface area contributed by atoms with Gasteiger partial charge in [0.05, 0.1) is 0 Å². The van der Waals surface area contributed by atoms with Crippen LogP contribution in [0.15, 0.2) is 24.3 Å². The van der Waals surface area contributed by atoms with Gasteiger partial charge in [0.25, 0.3) is 0 Å². The Bertz CT molecular complexity index is 138. The van der Waals surface area contributed by atoms with Gasteiger partial charge in [-0.3, -0.25) is 0 Å². The highest BCUT2D eigenvalue weighted by atomic mass is 13.9. The van der Waals surface area contributed by atoms with Crippen molar-refractivity contribution in [3.05, 3.63) is 24.3 Å². The molecule has 0 aliphatic carbocycles. The van der Waals surface area contributed by atoms with Gasteiger partial charge in [0.15, 0.2) is 0 Å². The topological polar surface area (TPSA) is 0 Å². The van der Waals surface area contributed by atoms with Gasteiger partial charge in [0.2, 0.25) is 0 Å². The highest BCUT2D eigenvalue weighted by Gasteiger charge is 1.86. The molecule has 70 valence electrons. The van der Waals surface area contributed by atoms with Crippen LogP contribution in [0.5, 0.6) is 0 Å². The lowest BCUT2D eigenvalue weighted by atomic mass is 10.1. The Morgan fingerprint density at radius 3 is 2.08 bits per heavy atom. The predicted molar refractivity (Wildman–Crippen MR) is 57.2 cm³/mol. The standard InChI is InChI=1S/C12H22/c1-11(2)9-7-5-6-8-10-12(3)4/h5,7-8,10-12H,6,9H2,1-4H3. The van der Waals surface area contributed by atoms with Gasteiger partial charge >= 0.3 is 0 Å². The van der Waals surface area contributed by atoms with Crippen molar-refractivity contribution in [2.45, 2.75) is 40.5 Å². The Balaban J connectivity index is 3.36. The van der Waals surface area contributed by atoms with Crippen LogP contribution in [-0.4, -0.2) is 0 Å². The van der Waals surface area contributed by atoms with E-state index in [1.165, 1.54) is 6.42 Å². The molecule has 0 heteroatoms. The van der Waals surface area contributed by atoms with E-state index in [2.05, 4.69) is 52.0 Å². The summed E-state index contributed by atoms with van der Waals surface area (Å²) in [6.45, 7) is 8.89. The van der Waals surface area contributed by atoms with Crippen LogP contribution < -0.4 is 0 Å². The third-order valence-corrected chi connectivity index (χ3v) is 1.57. The summed E-state index contributed by atoms with van der Waals surface area (Å²) in [6.07, 6.45) is 11.3. The largest absolute Gasteiger partial charge is 0.0880 e. The molecule has 0 radical (unpaired) electrons. The Morgan fingerprint density at radius 2 is 1.58 bits per heavy atom. The maximum Gasteiger partial charge on any atom is -0.0169 e. The molecule has 0 bridgehead atoms. The Morgan fingerprint density at radius 1 is 0.917 bits per heavy atom. The normalized spacial score (nSPS) is 12.8. The molecular weight excluding hydrogens is 144 g/mol. The monoisotopic (exact) mass is 166 g/mol. The van der Waals surface area contributed by atoms with Crippen LogP contribution in [-0.2, 0) is 0 Å². The summed E-state index contributed by atoms with van der Waals surface area (Å²) in [4.78, 5) is 0. The van der Waals surface area contributed by atoms with Crippen molar-refractivity contribution in [1.29, 1.82) is 0 Å². The molecule has 0 saturated heterocycles. The summed E-state index contributed by atoms with van der Waals surface area (Å²) in [5.41, 5.74) is 0. The quantitative estimate of drug-likeness (QED) is 0.537. The molecular formula is C12H22. The summed E-state index contributed by atoms with van der Waals surface area (Å²) in [7, 11) is 0. The predicted octanol–water partition coefficient (Wildman–Crippen LogP) is 4.19. The zero-order chi connectivity index (χ0) is 9.40. The third kappa shape index (κ3) is 9.48. The summed E-state index contributed by atoms with van der Waals surface area (Å²) < 4.78 is 0. The SMILES string of the molecule is CC(C)C=CCC=CCC(C)C. The van der Waals surface area contributed by atoms with Crippen molar-refractivity contribution in [2.75, 3.05) is 0 Å². The third-order valence-electron chi connectivity index (χ3n) is 1.57. The van der Waals surface area contributed by atoms with E-state index in [0.29, 0.717) is 5.92 Å². The van der Waals surface area contributed by atoms with Gasteiger partial charge in [-0.25, -0.2) is 0 Å². The summed E-state index contributed by atoms with van der Waals surface area (Å²) in [5, 5.41) is 0. The van der Waals surface area contributed by atoms with E-state index in [9.17, 15) is 0 Å². The number of rotatable bonds is 5. The maximum atomic E-state index is 2.27. The van der Waals surface area contributed by atoms with E-state index in [-0.39, 0.29) is 0 Å². The lowest BCUT2D eigenvalue weighted by molar-refractivity contribution is 0.663. The molecule has 0 amide bonds. The Hall–Kier alpha value is -0.520. The second-order valence-electron chi connectivity index (χ2n) is 4.01. The second-order valence-corrected chi connectivity index (χ2v) is 4.01. The van der Waals surface area contributed by atoms with Gasteiger partial charge in [-0.2, -0.15) is 0 Å². The van der Waals surface area contributed by atoms with Gasteiger partial charge < -0.3 is 0 Å². The first-order valence-electron chi connectivity index (χ1n) is 4.94. The van der Waals surface area contributed by atoms with Crippen LogP contribution >= 0.6 is 0 Å². The first-order chi connectivity index (χ1) is 5.63. The van der Waals surface area contributed by atoms with Crippen molar-refractivity contribution < 1.29 is 0 Å². The van der Waals surface area contributed by atoms with Crippen LogP contribution in [0.1, 0.15) is 40.5 Å². The van der Waals surface area contributed by atoms with Gasteiger partial charge in [0, 0.05) is 0 Å². The van der Waals surface area contributed by atoms with Crippen molar-refractivity contribution in [3.8, 4) is 0 Å². The van der Waals surface area contributed by atoms with Crippen LogP contribution in [0.2, 0.25) is 0 Å². The van der Waals surface area contributed by atoms with Crippen molar-refractivity contribution >= 4 is 0 Å². The second kappa shape index (κ2) is 7.15. The van der Waals surface area contributed by atoms with Crippen molar-refractivity contribution in [1.82, 2.24) is 0 Å². The highest BCUT2D eigenvalue weighted by Crippen LogP contribution is 2.01. The molecule has 0 fully saturated rings. The van der Waals surface area contributed by atoms with Crippen LogP contribution in [0.4, 0.5) is 0 Å². The average Bonchev–Trinajstić information content (AvgIpc) is 1.95. The molecule has 0 aromatic rings. The van der Waals surface area contributed by atoms with E-state index in [0.717, 1.165) is 12.3 Å². The lowest BCUT2D eigenvalue weighted by Crippen LogP contribution is -1.80. The van der Waals surface area contributed by atoms with Crippen LogP contribution in [0.3, 0.4) is 0 Å². The van der Waals surface area contributed by atoms with E-state index in [1.54, 1.807) is 0 Å². The Labute approximate surface area is 77.4 Å². The minimum absolute atomic E-state index is 0.684. The van der Waals surface area contributed by atoms with E-state index < -0.39 is 0 Å². The molecule has 0 saturated carbocycles. The zero-order valence-corrected chi connectivity index (χ0v) is 8.88. The van der Waals surface area contributed by atoms with Crippen LogP contribution in [0, 0.1) is 11.8 Å². The number of hydrogen-bond donors (Lipinski definition) is 0. The van der Waals surface area contributed by atoms with Crippen molar-refractivity contribution in [3.63, 3.8) is 0 Å². The van der Waals surface area contributed by atoms with E-state index >= 15 is 0 Å². The van der Waals surface area contributed by atoms with Gasteiger partial charge in [-0.05, 0) is 24.7 Å². The van der Waals surface area contributed by atoms with Gasteiger partial charge in [-0.15, -0.1) is 0 Å². The van der Waals surface area contributed by atoms with E-state index in [1.807, 2.05) is 0 Å². The molecule has 0 aromatic carbocycles. The van der Waals surface area contributed by atoms with Crippen LogP contribution in [0.25, 0.3) is 0 Å². The summed E-state index contributed by atoms with van der Waals surface area (Å²) >= 11 is 0. The minimum atomic E-state index is 0.684. The summed E-state index contributed by atoms with van der Waals surface area (Å²) in [5.74, 6) is 1.47. The highest BCUT2D eigenvalue weighted by molar-refractivity contribution is 4.94. The molecule has 0 rings (SSSR count). The fraction of sp³-hybridized carbons (Fsp3) is 0.667. The molecule has 0 nitrogen and oxygen atoms in total. The zero-order valence-electron chi connectivity index (χ0n) is 8.88. The molecule has 0 spiro atoms. The molecule has 0 aliphatic heterocycles. The van der Waals surface area contributed by atoms with E-state index in [4.69, 9.17) is 0 Å². The molecule has 0 N–H and O–H groups in total. The molecule has 0 aromatic heterocycles. The fourth-order valence-electron chi connectivity index (χ4n) is 0.894. The molecule has 0 unspecified atom stereocenters. The average molecular weight is 166 g/mol. The summed E-state index contributed by atoms with van der Waals surface area (Å²) in [6, 6.07) is 0. The number of hydrogen-bond acceptors (Lipinski definition) is 0. The van der Waals surface area contributed by atoms with Crippen molar-refractivity contribution in [2.24, 2.45) is 11.8 Å².